The highest BCUT2D eigenvalue weighted by Gasteiger charge is 2.47. The highest BCUT2D eigenvalue weighted by atomic mass is 19.1. The van der Waals surface area contributed by atoms with Crippen LogP contribution in [0.4, 0.5) is 10.1 Å². The van der Waals surface area contributed by atoms with Crippen LogP contribution in [0.15, 0.2) is 47.5 Å². The first-order chi connectivity index (χ1) is 15.7. The van der Waals surface area contributed by atoms with Crippen LogP contribution in [-0.4, -0.2) is 54.8 Å². The minimum Gasteiger partial charge on any atom is -0.455 e. The van der Waals surface area contributed by atoms with E-state index in [0.29, 0.717) is 49.1 Å². The molecule has 0 amide bonds. The second-order valence-electron chi connectivity index (χ2n) is 8.22. The molecule has 33 heavy (non-hydrogen) atoms. The summed E-state index contributed by atoms with van der Waals surface area (Å²) in [7, 11) is 0. The van der Waals surface area contributed by atoms with E-state index in [0.717, 1.165) is 0 Å². The number of amidine groups is 1. The Morgan fingerprint density at radius 3 is 2.39 bits per heavy atom. The molecular formula is C24H25FN2O6. The molecule has 4 rings (SSSR count). The second kappa shape index (κ2) is 9.19. The van der Waals surface area contributed by atoms with Crippen LogP contribution in [0.5, 0.6) is 11.5 Å². The lowest BCUT2D eigenvalue weighted by atomic mass is 10.1. The zero-order valence-electron chi connectivity index (χ0n) is 18.7. The number of aryl methyl sites for hydroxylation is 1. The minimum absolute atomic E-state index is 0.204. The van der Waals surface area contributed by atoms with E-state index in [9.17, 15) is 14.0 Å². The van der Waals surface area contributed by atoms with E-state index in [-0.39, 0.29) is 11.7 Å². The first kappa shape index (κ1) is 22.7. The van der Waals surface area contributed by atoms with Crippen LogP contribution in [0, 0.1) is 18.7 Å². The third kappa shape index (κ3) is 5.14. The van der Waals surface area contributed by atoms with Gasteiger partial charge in [-0.3, -0.25) is 9.59 Å². The van der Waals surface area contributed by atoms with Gasteiger partial charge in [-0.25, -0.2) is 9.38 Å². The van der Waals surface area contributed by atoms with Crippen LogP contribution in [0.2, 0.25) is 0 Å². The topological polar surface area (TPSA) is 86.7 Å². The zero-order chi connectivity index (χ0) is 23.6. The van der Waals surface area contributed by atoms with Crippen molar-refractivity contribution in [2.24, 2.45) is 10.9 Å². The van der Waals surface area contributed by atoms with E-state index in [4.69, 9.17) is 18.9 Å². The lowest BCUT2D eigenvalue weighted by molar-refractivity contribution is -0.236. The standard InChI is InChI=1S/C24H25FN2O6/c1-15-14-16(25)8-9-18(15)31-19-7-5-4-6-17(19)26-21(27-10-12-30-13-11-27)20-22(28)32-24(2,3)33-23(20)29/h4-9,14,20H,10-13H2,1-3H3. The zero-order valence-corrected chi connectivity index (χ0v) is 18.7. The van der Waals surface area contributed by atoms with Crippen LogP contribution < -0.4 is 4.74 Å². The molecule has 2 aromatic rings. The van der Waals surface area contributed by atoms with Gasteiger partial charge in [0.2, 0.25) is 5.92 Å². The number of hydrogen-bond donors (Lipinski definition) is 0. The molecule has 0 radical (unpaired) electrons. The smallest absolute Gasteiger partial charge is 0.331 e. The molecule has 0 unspecified atom stereocenters. The van der Waals surface area contributed by atoms with Gasteiger partial charge in [-0.1, -0.05) is 12.1 Å². The summed E-state index contributed by atoms with van der Waals surface area (Å²) in [5.74, 6) is -3.45. The van der Waals surface area contributed by atoms with E-state index in [1.165, 1.54) is 32.0 Å². The van der Waals surface area contributed by atoms with Gasteiger partial charge in [0, 0.05) is 26.9 Å². The van der Waals surface area contributed by atoms with E-state index in [1.807, 2.05) is 4.90 Å². The molecule has 0 saturated carbocycles. The molecule has 0 atom stereocenters. The number of cyclic esters (lactones) is 2. The summed E-state index contributed by atoms with van der Waals surface area (Å²) in [4.78, 5) is 32.1. The van der Waals surface area contributed by atoms with E-state index in [1.54, 1.807) is 31.2 Å². The number of ether oxygens (including phenoxy) is 4. The number of halogens is 1. The molecule has 0 aliphatic carbocycles. The number of para-hydroxylation sites is 2. The summed E-state index contributed by atoms with van der Waals surface area (Å²) in [6.45, 7) is 6.47. The maximum absolute atomic E-state index is 13.5. The molecule has 0 bridgehead atoms. The predicted molar refractivity (Wildman–Crippen MR) is 117 cm³/mol. The van der Waals surface area contributed by atoms with Crippen LogP contribution in [0.25, 0.3) is 0 Å². The normalized spacial score (nSPS) is 19.2. The lowest BCUT2D eigenvalue weighted by Gasteiger charge is -2.37. The van der Waals surface area contributed by atoms with Crippen LogP contribution in [-0.2, 0) is 23.8 Å². The fourth-order valence-corrected chi connectivity index (χ4v) is 3.65. The van der Waals surface area contributed by atoms with Crippen molar-refractivity contribution < 1.29 is 32.9 Å². The van der Waals surface area contributed by atoms with Crippen molar-refractivity contribution in [3.8, 4) is 11.5 Å². The minimum atomic E-state index is -1.35. The van der Waals surface area contributed by atoms with Crippen LogP contribution in [0.3, 0.4) is 0 Å². The van der Waals surface area contributed by atoms with Gasteiger partial charge in [0.25, 0.3) is 5.79 Å². The molecular weight excluding hydrogens is 431 g/mol. The third-order valence-electron chi connectivity index (χ3n) is 5.21. The molecule has 0 aromatic heterocycles. The lowest BCUT2D eigenvalue weighted by Crippen LogP contribution is -2.54. The van der Waals surface area contributed by atoms with Gasteiger partial charge in [-0.05, 0) is 42.8 Å². The van der Waals surface area contributed by atoms with Gasteiger partial charge in [0.05, 0.1) is 13.2 Å². The molecule has 2 saturated heterocycles. The maximum Gasteiger partial charge on any atom is 0.331 e. The first-order valence-electron chi connectivity index (χ1n) is 10.6. The summed E-state index contributed by atoms with van der Waals surface area (Å²) in [5.41, 5.74) is 1.01. The Morgan fingerprint density at radius 1 is 1.06 bits per heavy atom. The van der Waals surface area contributed by atoms with E-state index < -0.39 is 23.6 Å². The molecule has 2 heterocycles. The summed E-state index contributed by atoms with van der Waals surface area (Å²) in [5, 5.41) is 0. The van der Waals surface area contributed by atoms with Gasteiger partial charge in [-0.2, -0.15) is 0 Å². The van der Waals surface area contributed by atoms with E-state index >= 15 is 0 Å². The Balaban J connectivity index is 1.74. The van der Waals surface area contributed by atoms with Crippen molar-refractivity contribution in [2.75, 3.05) is 26.3 Å². The number of carbonyl (C=O) groups is 2. The number of morpholine rings is 1. The number of nitrogens with zero attached hydrogens (tertiary/aromatic N) is 2. The molecule has 2 aliphatic heterocycles. The average molecular weight is 456 g/mol. The Kier molecular flexibility index (Phi) is 6.33. The maximum atomic E-state index is 13.5. The Bertz CT molecular complexity index is 1070. The Labute approximate surface area is 190 Å². The van der Waals surface area contributed by atoms with Crippen molar-refractivity contribution >= 4 is 23.5 Å². The first-order valence-corrected chi connectivity index (χ1v) is 10.6. The average Bonchev–Trinajstić information content (AvgIpc) is 2.75. The largest absolute Gasteiger partial charge is 0.455 e. The van der Waals surface area contributed by atoms with Crippen molar-refractivity contribution in [2.45, 2.75) is 26.6 Å². The summed E-state index contributed by atoms with van der Waals surface area (Å²) in [6.07, 6.45) is 0. The number of aliphatic imine (C=N–C) groups is 1. The number of benzene rings is 2. The number of hydrogen-bond acceptors (Lipinski definition) is 7. The fraction of sp³-hybridized carbons (Fsp3) is 0.375. The van der Waals surface area contributed by atoms with Gasteiger partial charge in [0.1, 0.15) is 23.1 Å². The van der Waals surface area contributed by atoms with Crippen LogP contribution >= 0.6 is 0 Å². The SMILES string of the molecule is Cc1cc(F)ccc1Oc1ccccc1N=C(C1C(=O)OC(C)(C)OC1=O)N1CCOCC1. The monoisotopic (exact) mass is 456 g/mol. The van der Waals surface area contributed by atoms with Gasteiger partial charge in [-0.15, -0.1) is 0 Å². The van der Waals surface area contributed by atoms with E-state index in [2.05, 4.69) is 4.99 Å². The van der Waals surface area contributed by atoms with Crippen molar-refractivity contribution in [1.29, 1.82) is 0 Å². The fourth-order valence-electron chi connectivity index (χ4n) is 3.65. The molecule has 9 heteroatoms. The molecule has 0 N–H and O–H groups in total. The predicted octanol–water partition coefficient (Wildman–Crippen LogP) is 3.74. The van der Waals surface area contributed by atoms with Gasteiger partial charge >= 0.3 is 11.9 Å². The molecule has 2 aliphatic rings. The van der Waals surface area contributed by atoms with Crippen molar-refractivity contribution in [3.05, 3.63) is 53.8 Å². The van der Waals surface area contributed by atoms with Gasteiger partial charge in [0.15, 0.2) is 5.75 Å². The second-order valence-corrected chi connectivity index (χ2v) is 8.22. The molecule has 174 valence electrons. The third-order valence-corrected chi connectivity index (χ3v) is 5.21. The molecule has 0 spiro atoms. The highest BCUT2D eigenvalue weighted by molar-refractivity contribution is 6.17. The molecule has 2 aromatic carbocycles. The summed E-state index contributed by atoms with van der Waals surface area (Å²) < 4.78 is 35.6. The quantitative estimate of drug-likeness (QED) is 0.300. The number of carbonyl (C=O) groups excluding carboxylic acids is 2. The van der Waals surface area contributed by atoms with Crippen LogP contribution in [0.1, 0.15) is 19.4 Å². The number of esters is 2. The van der Waals surface area contributed by atoms with Crippen molar-refractivity contribution in [1.82, 2.24) is 4.90 Å². The summed E-state index contributed by atoms with van der Waals surface area (Å²) in [6, 6.07) is 11.2. The molecule has 2 fully saturated rings. The Morgan fingerprint density at radius 2 is 1.73 bits per heavy atom. The highest BCUT2D eigenvalue weighted by Crippen LogP contribution is 2.35. The Hall–Kier alpha value is -3.46. The number of rotatable bonds is 4. The molecule has 8 nitrogen and oxygen atoms in total. The van der Waals surface area contributed by atoms with Crippen molar-refractivity contribution in [3.63, 3.8) is 0 Å². The van der Waals surface area contributed by atoms with Gasteiger partial charge < -0.3 is 23.8 Å². The summed E-state index contributed by atoms with van der Waals surface area (Å²) >= 11 is 0.